The molecule has 0 radical (unpaired) electrons. The Morgan fingerprint density at radius 3 is 2.36 bits per heavy atom. The van der Waals surface area contributed by atoms with Gasteiger partial charge in [0.15, 0.2) is 6.10 Å². The number of aromatic nitrogens is 1. The summed E-state index contributed by atoms with van der Waals surface area (Å²) in [5, 5.41) is 9.50. The smallest absolute Gasteiger partial charge is 0.379 e. The highest BCUT2D eigenvalue weighted by molar-refractivity contribution is 7.11. The highest BCUT2D eigenvalue weighted by atomic mass is 32.1. The van der Waals surface area contributed by atoms with E-state index >= 15 is 0 Å². The zero-order chi connectivity index (χ0) is 10.9. The lowest BCUT2D eigenvalue weighted by Crippen LogP contribution is -2.19. The van der Waals surface area contributed by atoms with E-state index in [0.29, 0.717) is 5.01 Å². The van der Waals surface area contributed by atoms with E-state index in [-0.39, 0.29) is 10.8 Å². The van der Waals surface area contributed by atoms with E-state index < -0.39 is 12.3 Å². The molecule has 1 aromatic rings. The molecule has 0 saturated heterocycles. The molecule has 0 aliphatic heterocycles. The normalized spacial score (nSPS) is 14.8. The second-order valence-corrected chi connectivity index (χ2v) is 4.29. The van der Waals surface area contributed by atoms with E-state index in [9.17, 15) is 13.2 Å². The topological polar surface area (TPSA) is 33.1 Å². The first-order valence-corrected chi connectivity index (χ1v) is 4.84. The minimum Gasteiger partial charge on any atom is -0.379 e. The summed E-state index contributed by atoms with van der Waals surface area (Å²) in [5.74, 6) is 0.0779. The largest absolute Gasteiger partial charge is 0.419 e. The molecule has 1 aromatic heterocycles. The van der Waals surface area contributed by atoms with Crippen molar-refractivity contribution < 1.29 is 18.3 Å². The quantitative estimate of drug-likeness (QED) is 0.839. The third kappa shape index (κ3) is 2.45. The predicted molar refractivity (Wildman–Crippen MR) is 47.2 cm³/mol. The van der Waals surface area contributed by atoms with E-state index in [1.165, 1.54) is 0 Å². The highest BCUT2D eigenvalue weighted by Crippen LogP contribution is 2.36. The van der Waals surface area contributed by atoms with Crippen molar-refractivity contribution in [1.29, 1.82) is 0 Å². The fourth-order valence-electron chi connectivity index (χ4n) is 0.855. The van der Waals surface area contributed by atoms with Gasteiger partial charge >= 0.3 is 6.18 Å². The van der Waals surface area contributed by atoms with E-state index in [4.69, 9.17) is 5.11 Å². The van der Waals surface area contributed by atoms with Crippen LogP contribution in [-0.4, -0.2) is 16.3 Å². The molecule has 1 heterocycles. The fourth-order valence-corrected chi connectivity index (χ4v) is 1.79. The van der Waals surface area contributed by atoms with Crippen molar-refractivity contribution in [3.8, 4) is 0 Å². The third-order valence-electron chi connectivity index (χ3n) is 1.61. The minimum absolute atomic E-state index is 0.0779. The maximum Gasteiger partial charge on any atom is 0.419 e. The molecule has 0 spiro atoms. The Labute approximate surface area is 83.4 Å². The van der Waals surface area contributed by atoms with Crippen LogP contribution in [0.5, 0.6) is 0 Å². The number of hydrogen-bond acceptors (Lipinski definition) is 3. The summed E-state index contributed by atoms with van der Waals surface area (Å²) in [6.07, 6.45) is -5.94. The van der Waals surface area contributed by atoms with Crippen molar-refractivity contribution in [3.63, 3.8) is 0 Å². The summed E-state index contributed by atoms with van der Waals surface area (Å²) in [7, 11) is 0. The van der Waals surface area contributed by atoms with Crippen LogP contribution >= 0.6 is 11.3 Å². The summed E-state index contributed by atoms with van der Waals surface area (Å²) in [6.45, 7) is 3.67. The first kappa shape index (κ1) is 11.5. The number of aliphatic hydroxyl groups is 1. The molecule has 0 amide bonds. The lowest BCUT2D eigenvalue weighted by atomic mass is 10.2. The Balaban J connectivity index is 2.87. The standard InChI is InChI=1S/C8H10F3NOS/c1-4(2)7-12-3-5(14-7)6(13)8(9,10)11/h3-4,6,13H,1-2H3/t6-/m0/s1. The van der Waals surface area contributed by atoms with Gasteiger partial charge in [0.25, 0.3) is 0 Å². The van der Waals surface area contributed by atoms with Gasteiger partial charge in [-0.2, -0.15) is 13.2 Å². The van der Waals surface area contributed by atoms with Crippen molar-refractivity contribution in [2.75, 3.05) is 0 Å². The van der Waals surface area contributed by atoms with Gasteiger partial charge in [0.2, 0.25) is 0 Å². The fraction of sp³-hybridized carbons (Fsp3) is 0.625. The van der Waals surface area contributed by atoms with Crippen LogP contribution in [0.25, 0.3) is 0 Å². The number of hydrogen-bond donors (Lipinski definition) is 1. The molecular weight excluding hydrogens is 215 g/mol. The first-order valence-electron chi connectivity index (χ1n) is 4.02. The summed E-state index contributed by atoms with van der Waals surface area (Å²) in [6, 6.07) is 0. The zero-order valence-electron chi connectivity index (χ0n) is 7.67. The molecule has 0 aromatic carbocycles. The van der Waals surface area contributed by atoms with Gasteiger partial charge in [0.1, 0.15) is 0 Å². The minimum atomic E-state index is -4.61. The molecule has 14 heavy (non-hydrogen) atoms. The van der Waals surface area contributed by atoms with Crippen molar-refractivity contribution >= 4 is 11.3 Å². The molecular formula is C8H10F3NOS. The molecule has 80 valence electrons. The van der Waals surface area contributed by atoms with E-state index in [1.54, 1.807) is 0 Å². The lowest BCUT2D eigenvalue weighted by Gasteiger charge is -2.11. The Morgan fingerprint density at radius 1 is 1.43 bits per heavy atom. The summed E-state index contributed by atoms with van der Waals surface area (Å²) >= 11 is 0.895. The lowest BCUT2D eigenvalue weighted by molar-refractivity contribution is -0.205. The van der Waals surface area contributed by atoms with E-state index in [1.807, 2.05) is 13.8 Å². The maximum atomic E-state index is 12.1. The molecule has 1 atom stereocenters. The Hall–Kier alpha value is -0.620. The number of thiazole rings is 1. The molecule has 1 N–H and O–H groups in total. The van der Waals surface area contributed by atoms with Crippen LogP contribution in [0.15, 0.2) is 6.20 Å². The predicted octanol–water partition coefficient (Wildman–Crippen LogP) is 2.86. The number of alkyl halides is 3. The van der Waals surface area contributed by atoms with Crippen molar-refractivity contribution in [2.24, 2.45) is 0 Å². The zero-order valence-corrected chi connectivity index (χ0v) is 8.49. The van der Waals surface area contributed by atoms with Gasteiger partial charge in [-0.1, -0.05) is 13.8 Å². The number of rotatable bonds is 2. The van der Waals surface area contributed by atoms with E-state index in [2.05, 4.69) is 4.98 Å². The van der Waals surface area contributed by atoms with Crippen molar-refractivity contribution in [2.45, 2.75) is 32.0 Å². The van der Waals surface area contributed by atoms with Gasteiger partial charge in [-0.05, 0) is 0 Å². The van der Waals surface area contributed by atoms with Gasteiger partial charge in [0.05, 0.1) is 9.88 Å². The van der Waals surface area contributed by atoms with Crippen molar-refractivity contribution in [1.82, 2.24) is 4.98 Å². The number of halogens is 3. The van der Waals surface area contributed by atoms with Crippen LogP contribution in [0, 0.1) is 0 Å². The second kappa shape index (κ2) is 3.86. The van der Waals surface area contributed by atoms with Gasteiger partial charge in [-0.15, -0.1) is 11.3 Å². The maximum absolute atomic E-state index is 12.1. The summed E-state index contributed by atoms with van der Waals surface area (Å²) < 4.78 is 36.2. The summed E-state index contributed by atoms with van der Waals surface area (Å²) in [4.78, 5) is 3.66. The Kier molecular flexibility index (Phi) is 3.16. The second-order valence-electron chi connectivity index (χ2n) is 3.20. The highest BCUT2D eigenvalue weighted by Gasteiger charge is 2.40. The summed E-state index contributed by atoms with van der Waals surface area (Å²) in [5.41, 5.74) is 0. The molecule has 6 heteroatoms. The molecule has 0 bridgehead atoms. The van der Waals surface area contributed by atoms with Crippen LogP contribution in [0.4, 0.5) is 13.2 Å². The van der Waals surface area contributed by atoms with Gasteiger partial charge < -0.3 is 5.11 Å². The molecule has 1 rings (SSSR count). The first-order chi connectivity index (χ1) is 6.32. The molecule has 0 fully saturated rings. The van der Waals surface area contributed by atoms with Gasteiger partial charge in [-0.3, -0.25) is 0 Å². The molecule has 0 aliphatic carbocycles. The van der Waals surface area contributed by atoms with Crippen LogP contribution in [-0.2, 0) is 0 Å². The monoisotopic (exact) mass is 225 g/mol. The van der Waals surface area contributed by atoms with Crippen molar-refractivity contribution in [3.05, 3.63) is 16.1 Å². The third-order valence-corrected chi connectivity index (χ3v) is 2.97. The van der Waals surface area contributed by atoms with Crippen LogP contribution < -0.4 is 0 Å². The molecule has 0 aliphatic rings. The van der Waals surface area contributed by atoms with Crippen LogP contribution in [0.1, 0.15) is 35.8 Å². The molecule has 2 nitrogen and oxygen atoms in total. The SMILES string of the molecule is CC(C)c1ncc([C@H](O)C(F)(F)F)s1. The Morgan fingerprint density at radius 2 is 2.00 bits per heavy atom. The molecule has 0 saturated carbocycles. The number of aliphatic hydroxyl groups excluding tert-OH is 1. The number of nitrogens with zero attached hydrogens (tertiary/aromatic N) is 1. The van der Waals surface area contributed by atoms with Crippen LogP contribution in [0.3, 0.4) is 0 Å². The van der Waals surface area contributed by atoms with Gasteiger partial charge in [0, 0.05) is 12.1 Å². The van der Waals surface area contributed by atoms with Crippen LogP contribution in [0.2, 0.25) is 0 Å². The average Bonchev–Trinajstić information content (AvgIpc) is 2.48. The van der Waals surface area contributed by atoms with Gasteiger partial charge in [-0.25, -0.2) is 4.98 Å². The molecule has 0 unspecified atom stereocenters. The Bertz CT molecular complexity index is 308. The average molecular weight is 225 g/mol. The van der Waals surface area contributed by atoms with E-state index in [0.717, 1.165) is 17.5 Å².